The van der Waals surface area contributed by atoms with Crippen molar-refractivity contribution in [3.63, 3.8) is 0 Å². The number of carbonyl (C=O) groups is 1. The number of carbonyl (C=O) groups excluding carboxylic acids is 1. The van der Waals surface area contributed by atoms with Gasteiger partial charge >= 0.3 is 0 Å². The molecule has 0 saturated heterocycles. The molecule has 2 N–H and O–H groups in total. The normalized spacial score (nSPS) is 22.6. The van der Waals surface area contributed by atoms with Gasteiger partial charge < -0.3 is 15.4 Å². The molecule has 6 heteroatoms. The van der Waals surface area contributed by atoms with Gasteiger partial charge in [-0.3, -0.25) is 4.79 Å². The number of hydrogen-bond donors (Lipinski definition) is 2. The second-order valence-corrected chi connectivity index (χ2v) is 4.33. The summed E-state index contributed by atoms with van der Waals surface area (Å²) in [4.78, 5) is 11.5. The second kappa shape index (κ2) is 6.86. The van der Waals surface area contributed by atoms with Crippen LogP contribution >= 0.6 is 0 Å². The van der Waals surface area contributed by atoms with Crippen molar-refractivity contribution in [2.75, 3.05) is 33.4 Å². The molecule has 1 aliphatic rings. The first-order valence-corrected chi connectivity index (χ1v) is 5.90. The molecule has 0 bridgehead atoms. The summed E-state index contributed by atoms with van der Waals surface area (Å²) in [7, 11) is 1.61. The number of alkyl halides is 2. The maximum absolute atomic E-state index is 12.9. The quantitative estimate of drug-likeness (QED) is 0.656. The summed E-state index contributed by atoms with van der Waals surface area (Å²) in [6.45, 7) is 2.42. The van der Waals surface area contributed by atoms with Crippen LogP contribution in [0.5, 0.6) is 0 Å². The molecule has 1 rings (SSSR count). The molecule has 0 spiro atoms. The Hall–Kier alpha value is -0.750. The fourth-order valence-corrected chi connectivity index (χ4v) is 1.89. The molecule has 1 atom stereocenters. The van der Waals surface area contributed by atoms with Gasteiger partial charge in [-0.1, -0.05) is 0 Å². The Morgan fingerprint density at radius 1 is 1.41 bits per heavy atom. The van der Waals surface area contributed by atoms with E-state index in [9.17, 15) is 13.6 Å². The van der Waals surface area contributed by atoms with Crippen LogP contribution in [0.25, 0.3) is 0 Å². The highest BCUT2D eigenvalue weighted by atomic mass is 19.3. The van der Waals surface area contributed by atoms with E-state index in [2.05, 4.69) is 10.6 Å². The topological polar surface area (TPSA) is 50.4 Å². The Balaban J connectivity index is 2.06. The van der Waals surface area contributed by atoms with Crippen LogP contribution in [0.4, 0.5) is 8.78 Å². The van der Waals surface area contributed by atoms with Gasteiger partial charge in [0.1, 0.15) is 0 Å². The van der Waals surface area contributed by atoms with Crippen molar-refractivity contribution in [1.29, 1.82) is 0 Å². The maximum atomic E-state index is 12.9. The molecule has 0 radical (unpaired) electrons. The van der Waals surface area contributed by atoms with E-state index in [1.54, 1.807) is 7.11 Å². The molecule has 0 aromatic heterocycles. The van der Waals surface area contributed by atoms with E-state index in [0.29, 0.717) is 26.2 Å². The van der Waals surface area contributed by atoms with Crippen LogP contribution in [0.15, 0.2) is 0 Å². The van der Waals surface area contributed by atoms with Crippen molar-refractivity contribution in [1.82, 2.24) is 10.6 Å². The highest BCUT2D eigenvalue weighted by Gasteiger charge is 2.42. The van der Waals surface area contributed by atoms with E-state index in [1.807, 2.05) is 0 Å². The highest BCUT2D eigenvalue weighted by molar-refractivity contribution is 5.79. The molecule has 17 heavy (non-hydrogen) atoms. The van der Waals surface area contributed by atoms with Gasteiger partial charge in [-0.25, -0.2) is 8.78 Å². The Labute approximate surface area is 100 Å². The lowest BCUT2D eigenvalue weighted by atomic mass is 10.1. The van der Waals surface area contributed by atoms with Crippen molar-refractivity contribution in [2.45, 2.75) is 25.2 Å². The fraction of sp³-hybridized carbons (Fsp3) is 0.909. The van der Waals surface area contributed by atoms with Crippen LogP contribution < -0.4 is 10.6 Å². The maximum Gasteiger partial charge on any atom is 0.248 e. The highest BCUT2D eigenvalue weighted by Crippen LogP contribution is 2.38. The van der Waals surface area contributed by atoms with Gasteiger partial charge in [0, 0.05) is 45.5 Å². The van der Waals surface area contributed by atoms with E-state index in [1.165, 1.54) is 0 Å². The largest absolute Gasteiger partial charge is 0.383 e. The number of hydrogen-bond acceptors (Lipinski definition) is 3. The number of halogens is 2. The molecule has 1 aliphatic carbocycles. The first-order chi connectivity index (χ1) is 8.05. The summed E-state index contributed by atoms with van der Waals surface area (Å²) in [6.07, 6.45) is -0.191. The Bertz CT molecular complexity index is 250. The summed E-state index contributed by atoms with van der Waals surface area (Å²) in [5.41, 5.74) is 0. The van der Waals surface area contributed by atoms with E-state index < -0.39 is 11.8 Å². The van der Waals surface area contributed by atoms with Gasteiger partial charge in [0.05, 0.1) is 6.61 Å². The molecule has 0 aromatic carbocycles. The molecule has 1 saturated carbocycles. The minimum atomic E-state index is -2.65. The lowest BCUT2D eigenvalue weighted by Gasteiger charge is -2.11. The van der Waals surface area contributed by atoms with Crippen LogP contribution in [-0.2, 0) is 9.53 Å². The SMILES string of the molecule is COCCNCCNC(=O)C1CCC(F)(F)C1. The number of amides is 1. The Kier molecular flexibility index (Phi) is 5.77. The molecule has 0 aromatic rings. The summed E-state index contributed by atoms with van der Waals surface area (Å²) >= 11 is 0. The Morgan fingerprint density at radius 3 is 2.76 bits per heavy atom. The van der Waals surface area contributed by atoms with Crippen molar-refractivity contribution >= 4 is 5.91 Å². The Morgan fingerprint density at radius 2 is 2.18 bits per heavy atom. The van der Waals surface area contributed by atoms with Gasteiger partial charge in [0.25, 0.3) is 0 Å². The molecular weight excluding hydrogens is 230 g/mol. The molecule has 1 fully saturated rings. The van der Waals surface area contributed by atoms with Crippen molar-refractivity contribution in [3.8, 4) is 0 Å². The third kappa shape index (κ3) is 5.41. The first kappa shape index (κ1) is 14.3. The zero-order valence-electron chi connectivity index (χ0n) is 10.1. The lowest BCUT2D eigenvalue weighted by Crippen LogP contribution is -2.36. The number of methoxy groups -OCH3 is 1. The third-order valence-electron chi connectivity index (χ3n) is 2.86. The van der Waals surface area contributed by atoms with Crippen molar-refractivity contribution < 1.29 is 18.3 Å². The molecule has 4 nitrogen and oxygen atoms in total. The first-order valence-electron chi connectivity index (χ1n) is 5.90. The van der Waals surface area contributed by atoms with Crippen LogP contribution in [0.3, 0.4) is 0 Å². The predicted octanol–water partition coefficient (Wildman–Crippen LogP) is 0.774. The fourth-order valence-electron chi connectivity index (χ4n) is 1.89. The number of rotatable bonds is 7. The van der Waals surface area contributed by atoms with Gasteiger partial charge in [0.2, 0.25) is 11.8 Å². The van der Waals surface area contributed by atoms with Gasteiger partial charge in [0.15, 0.2) is 0 Å². The summed E-state index contributed by atoms with van der Waals surface area (Å²) in [5.74, 6) is -3.43. The predicted molar refractivity (Wildman–Crippen MR) is 60.0 cm³/mol. The monoisotopic (exact) mass is 250 g/mol. The number of ether oxygens (including phenoxy) is 1. The average Bonchev–Trinajstić information content (AvgIpc) is 2.64. The molecule has 0 aliphatic heterocycles. The summed E-state index contributed by atoms with van der Waals surface area (Å²) in [5, 5.41) is 5.72. The lowest BCUT2D eigenvalue weighted by molar-refractivity contribution is -0.125. The summed E-state index contributed by atoms with van der Waals surface area (Å²) < 4.78 is 30.6. The van der Waals surface area contributed by atoms with E-state index >= 15 is 0 Å². The third-order valence-corrected chi connectivity index (χ3v) is 2.86. The van der Waals surface area contributed by atoms with E-state index in [4.69, 9.17) is 4.74 Å². The smallest absolute Gasteiger partial charge is 0.248 e. The molecular formula is C11H20F2N2O2. The summed E-state index contributed by atoms with van der Waals surface area (Å²) in [6, 6.07) is 0. The zero-order chi connectivity index (χ0) is 12.7. The minimum Gasteiger partial charge on any atom is -0.383 e. The molecule has 100 valence electrons. The standard InChI is InChI=1S/C11H20F2N2O2/c1-17-7-6-14-4-5-15-10(16)9-2-3-11(12,13)8-9/h9,14H,2-8H2,1H3,(H,15,16). The van der Waals surface area contributed by atoms with E-state index in [0.717, 1.165) is 0 Å². The van der Waals surface area contributed by atoms with E-state index in [-0.39, 0.29) is 25.2 Å². The van der Waals surface area contributed by atoms with Crippen molar-refractivity contribution in [3.05, 3.63) is 0 Å². The van der Waals surface area contributed by atoms with Crippen LogP contribution in [0.2, 0.25) is 0 Å². The van der Waals surface area contributed by atoms with Gasteiger partial charge in [-0.2, -0.15) is 0 Å². The molecule has 1 unspecified atom stereocenters. The number of nitrogens with one attached hydrogen (secondary N) is 2. The van der Waals surface area contributed by atoms with Gasteiger partial charge in [-0.15, -0.1) is 0 Å². The zero-order valence-corrected chi connectivity index (χ0v) is 10.1. The molecule has 1 amide bonds. The van der Waals surface area contributed by atoms with Crippen LogP contribution in [-0.4, -0.2) is 45.2 Å². The average molecular weight is 250 g/mol. The van der Waals surface area contributed by atoms with Crippen molar-refractivity contribution in [2.24, 2.45) is 5.92 Å². The minimum absolute atomic E-state index is 0.169. The van der Waals surface area contributed by atoms with Gasteiger partial charge in [-0.05, 0) is 6.42 Å². The second-order valence-electron chi connectivity index (χ2n) is 4.33. The van der Waals surface area contributed by atoms with Crippen LogP contribution in [0, 0.1) is 5.92 Å². The van der Waals surface area contributed by atoms with Crippen LogP contribution in [0.1, 0.15) is 19.3 Å². The molecule has 0 heterocycles.